The summed E-state index contributed by atoms with van der Waals surface area (Å²) < 4.78 is 10.8. The van der Waals surface area contributed by atoms with Crippen molar-refractivity contribution in [1.82, 2.24) is 20.0 Å². The predicted octanol–water partition coefficient (Wildman–Crippen LogP) is 4.22. The molecule has 3 rings (SSSR count). The lowest BCUT2D eigenvalue weighted by atomic mass is 9.93. The van der Waals surface area contributed by atoms with Crippen molar-refractivity contribution in [2.24, 2.45) is 0 Å². The van der Waals surface area contributed by atoms with E-state index in [9.17, 15) is 4.79 Å². The number of likely N-dealkylation sites (tertiary alicyclic amines) is 1. The number of rotatable bonds is 2. The molecule has 0 aliphatic carbocycles. The van der Waals surface area contributed by atoms with Crippen LogP contribution >= 0.6 is 11.6 Å². The van der Waals surface area contributed by atoms with Gasteiger partial charge in [0.25, 0.3) is 5.89 Å². The van der Waals surface area contributed by atoms with Crippen molar-refractivity contribution in [3.05, 3.63) is 23.1 Å². The highest BCUT2D eigenvalue weighted by Gasteiger charge is 2.34. The zero-order valence-electron chi connectivity index (χ0n) is 14.9. The molecule has 1 amide bonds. The van der Waals surface area contributed by atoms with Gasteiger partial charge in [0.15, 0.2) is 5.82 Å². The second kappa shape index (κ2) is 6.71. The number of hydrogen-bond acceptors (Lipinski definition) is 5. The monoisotopic (exact) mass is 366 g/mol. The van der Waals surface area contributed by atoms with Crippen LogP contribution in [-0.2, 0) is 4.74 Å². The van der Waals surface area contributed by atoms with E-state index in [4.69, 9.17) is 20.9 Å². The summed E-state index contributed by atoms with van der Waals surface area (Å²) in [6.45, 7) is 8.14. The van der Waals surface area contributed by atoms with Crippen molar-refractivity contribution < 1.29 is 14.1 Å². The highest BCUT2D eigenvalue weighted by atomic mass is 35.5. The van der Waals surface area contributed by atoms with Crippen LogP contribution in [0.25, 0.3) is 11.6 Å². The Bertz CT molecular complexity index is 749. The number of carbonyl (C=O) groups excluding carboxylic acids is 1. The SMILES string of the molecule is C[C@@H]1CC[C@H](c2noc(-c3cc(Cl)c[nH]3)n2)CN1C(=O)OC(C)(C)C. The average molecular weight is 367 g/mol. The normalized spacial score (nSPS) is 21.4. The van der Waals surface area contributed by atoms with Gasteiger partial charge >= 0.3 is 6.09 Å². The van der Waals surface area contributed by atoms with Gasteiger partial charge < -0.3 is 19.1 Å². The van der Waals surface area contributed by atoms with E-state index >= 15 is 0 Å². The first kappa shape index (κ1) is 17.8. The average Bonchev–Trinajstić information content (AvgIpc) is 3.14. The van der Waals surface area contributed by atoms with E-state index in [0.29, 0.717) is 29.0 Å². The number of piperidine rings is 1. The Morgan fingerprint density at radius 2 is 2.20 bits per heavy atom. The van der Waals surface area contributed by atoms with E-state index in [1.807, 2.05) is 27.7 Å². The van der Waals surface area contributed by atoms with Crippen molar-refractivity contribution in [1.29, 1.82) is 0 Å². The number of ether oxygens (including phenoxy) is 1. The molecule has 1 aliphatic heterocycles. The molecule has 25 heavy (non-hydrogen) atoms. The highest BCUT2D eigenvalue weighted by Crippen LogP contribution is 2.31. The lowest BCUT2D eigenvalue weighted by Gasteiger charge is -2.37. The summed E-state index contributed by atoms with van der Waals surface area (Å²) >= 11 is 5.91. The second-order valence-electron chi connectivity index (χ2n) is 7.45. The number of carbonyl (C=O) groups is 1. The van der Waals surface area contributed by atoms with E-state index in [1.54, 1.807) is 17.2 Å². The first-order valence-corrected chi connectivity index (χ1v) is 8.78. The molecule has 2 aromatic heterocycles. The zero-order valence-corrected chi connectivity index (χ0v) is 15.6. The lowest BCUT2D eigenvalue weighted by molar-refractivity contribution is 0.00929. The molecule has 0 spiro atoms. The number of halogens is 1. The molecule has 136 valence electrons. The minimum atomic E-state index is -0.518. The maximum Gasteiger partial charge on any atom is 0.410 e. The van der Waals surface area contributed by atoms with Gasteiger partial charge in [-0.05, 0) is 46.6 Å². The van der Waals surface area contributed by atoms with Crippen molar-refractivity contribution in [3.63, 3.8) is 0 Å². The van der Waals surface area contributed by atoms with Gasteiger partial charge in [-0.1, -0.05) is 16.8 Å². The van der Waals surface area contributed by atoms with Crippen molar-refractivity contribution in [3.8, 4) is 11.6 Å². The van der Waals surface area contributed by atoms with E-state index in [1.165, 1.54) is 0 Å². The molecule has 1 aliphatic rings. The molecule has 0 bridgehead atoms. The van der Waals surface area contributed by atoms with Crippen LogP contribution in [0.4, 0.5) is 4.79 Å². The zero-order chi connectivity index (χ0) is 18.2. The Morgan fingerprint density at radius 3 is 2.84 bits per heavy atom. The van der Waals surface area contributed by atoms with Crippen LogP contribution in [0.1, 0.15) is 52.3 Å². The van der Waals surface area contributed by atoms with Crippen molar-refractivity contribution in [2.45, 2.75) is 58.1 Å². The number of aromatic amines is 1. The fourth-order valence-electron chi connectivity index (χ4n) is 2.89. The molecule has 0 saturated carbocycles. The maximum absolute atomic E-state index is 12.5. The smallest absolute Gasteiger partial charge is 0.410 e. The van der Waals surface area contributed by atoms with Gasteiger partial charge in [-0.25, -0.2) is 4.79 Å². The summed E-state index contributed by atoms with van der Waals surface area (Å²) in [6.07, 6.45) is 3.12. The third-order valence-electron chi connectivity index (χ3n) is 4.20. The summed E-state index contributed by atoms with van der Waals surface area (Å²) in [5, 5.41) is 4.67. The van der Waals surface area contributed by atoms with Gasteiger partial charge in [0.2, 0.25) is 0 Å². The van der Waals surface area contributed by atoms with Crippen LogP contribution in [0.5, 0.6) is 0 Å². The molecule has 2 aromatic rings. The summed E-state index contributed by atoms with van der Waals surface area (Å²) in [6, 6.07) is 1.86. The van der Waals surface area contributed by atoms with Crippen LogP contribution in [0.3, 0.4) is 0 Å². The summed E-state index contributed by atoms with van der Waals surface area (Å²) in [5.74, 6) is 1.01. The van der Waals surface area contributed by atoms with Gasteiger partial charge in [0.1, 0.15) is 11.3 Å². The largest absolute Gasteiger partial charge is 0.444 e. The molecule has 0 unspecified atom stereocenters. The number of amides is 1. The number of hydrogen-bond donors (Lipinski definition) is 1. The van der Waals surface area contributed by atoms with Crippen LogP contribution in [-0.4, -0.2) is 44.3 Å². The molecule has 0 aromatic carbocycles. The molecule has 0 radical (unpaired) electrons. The first-order chi connectivity index (χ1) is 11.7. The third kappa shape index (κ3) is 4.15. The Balaban J connectivity index is 1.73. The number of H-pyrrole nitrogens is 1. The molecular formula is C17H23ClN4O3. The molecule has 8 heteroatoms. The maximum atomic E-state index is 12.5. The highest BCUT2D eigenvalue weighted by molar-refractivity contribution is 6.30. The predicted molar refractivity (Wildman–Crippen MR) is 93.5 cm³/mol. The van der Waals surface area contributed by atoms with Gasteiger partial charge in [-0.3, -0.25) is 0 Å². The quantitative estimate of drug-likeness (QED) is 0.860. The number of nitrogens with zero attached hydrogens (tertiary/aromatic N) is 3. The fraction of sp³-hybridized carbons (Fsp3) is 0.588. The Kier molecular flexibility index (Phi) is 4.77. The topological polar surface area (TPSA) is 84.3 Å². The van der Waals surface area contributed by atoms with Crippen LogP contribution in [0.15, 0.2) is 16.8 Å². The van der Waals surface area contributed by atoms with Gasteiger partial charge in [-0.2, -0.15) is 4.98 Å². The second-order valence-corrected chi connectivity index (χ2v) is 7.88. The summed E-state index contributed by atoms with van der Waals surface area (Å²) in [4.78, 5) is 21.7. The van der Waals surface area contributed by atoms with Crippen molar-refractivity contribution >= 4 is 17.7 Å². The Morgan fingerprint density at radius 1 is 1.44 bits per heavy atom. The molecule has 3 heterocycles. The molecule has 7 nitrogen and oxygen atoms in total. The Hall–Kier alpha value is -2.02. The standard InChI is InChI=1S/C17H23ClN4O3/c1-10-5-6-11(9-22(10)16(23)24-17(2,3)4)14-20-15(25-21-14)13-7-12(18)8-19-13/h7-8,10-11,19H,5-6,9H2,1-4H3/t10-,11+/m1/s1. The van der Waals surface area contributed by atoms with Crippen molar-refractivity contribution in [2.75, 3.05) is 6.54 Å². The van der Waals surface area contributed by atoms with E-state index < -0.39 is 5.60 Å². The molecule has 2 atom stereocenters. The fourth-order valence-corrected chi connectivity index (χ4v) is 3.06. The third-order valence-corrected chi connectivity index (χ3v) is 4.41. The van der Waals surface area contributed by atoms with Crippen LogP contribution in [0.2, 0.25) is 5.02 Å². The van der Waals surface area contributed by atoms with Gasteiger partial charge in [0.05, 0.1) is 5.02 Å². The van der Waals surface area contributed by atoms with Crippen LogP contribution < -0.4 is 0 Å². The number of aromatic nitrogens is 3. The van der Waals surface area contributed by atoms with E-state index in [0.717, 1.165) is 12.8 Å². The van der Waals surface area contributed by atoms with Crippen LogP contribution in [0, 0.1) is 0 Å². The molecule has 1 N–H and O–H groups in total. The van der Waals surface area contributed by atoms with Gasteiger partial charge in [0, 0.05) is 24.7 Å². The Labute approximate surface area is 151 Å². The van der Waals surface area contributed by atoms with Gasteiger partial charge in [-0.15, -0.1) is 0 Å². The minimum Gasteiger partial charge on any atom is -0.444 e. The molecular weight excluding hydrogens is 344 g/mol. The summed E-state index contributed by atoms with van der Waals surface area (Å²) in [7, 11) is 0. The minimum absolute atomic E-state index is 0.0200. The van der Waals surface area contributed by atoms with E-state index in [-0.39, 0.29) is 18.1 Å². The summed E-state index contributed by atoms with van der Waals surface area (Å²) in [5.41, 5.74) is 0.160. The lowest BCUT2D eigenvalue weighted by Crippen LogP contribution is -2.47. The number of nitrogens with one attached hydrogen (secondary N) is 1. The molecule has 1 fully saturated rings. The first-order valence-electron chi connectivity index (χ1n) is 8.40. The van der Waals surface area contributed by atoms with E-state index in [2.05, 4.69) is 15.1 Å². The molecule has 1 saturated heterocycles.